The summed E-state index contributed by atoms with van der Waals surface area (Å²) in [6, 6.07) is 23.4. The van der Waals surface area contributed by atoms with Crippen LogP contribution in [0.5, 0.6) is 11.5 Å². The highest BCUT2D eigenvalue weighted by molar-refractivity contribution is 5.95. The van der Waals surface area contributed by atoms with Gasteiger partial charge in [-0.2, -0.15) is 0 Å². The van der Waals surface area contributed by atoms with Crippen LogP contribution in [-0.4, -0.2) is 12.5 Å². The number of nitrogens with one attached hydrogen (secondary N) is 2. The van der Waals surface area contributed by atoms with E-state index in [1.165, 1.54) is 0 Å². The molecule has 0 saturated heterocycles. The summed E-state index contributed by atoms with van der Waals surface area (Å²) in [5.74, 6) is 1.36. The summed E-state index contributed by atoms with van der Waals surface area (Å²) in [7, 11) is 0. The Balaban J connectivity index is 1.68. The van der Waals surface area contributed by atoms with E-state index in [1.54, 1.807) is 0 Å². The number of carbonyl (C=O) groups is 1. The molecule has 3 rings (SSSR count). The Labute approximate surface area is 166 Å². The first-order chi connectivity index (χ1) is 13.7. The van der Waals surface area contributed by atoms with Crippen molar-refractivity contribution in [3.8, 4) is 11.5 Å². The molecule has 0 heterocycles. The summed E-state index contributed by atoms with van der Waals surface area (Å²) in [5, 5.41) is 6.27. The first-order valence-electron chi connectivity index (χ1n) is 9.67. The highest BCUT2D eigenvalue weighted by Gasteiger charge is 2.11. The Kier molecular flexibility index (Phi) is 6.68. The van der Waals surface area contributed by atoms with E-state index in [0.29, 0.717) is 5.75 Å². The van der Waals surface area contributed by atoms with Gasteiger partial charge in [-0.15, -0.1) is 0 Å². The molecule has 3 aromatic carbocycles. The monoisotopic (exact) mass is 374 g/mol. The minimum Gasteiger partial charge on any atom is -0.455 e. The van der Waals surface area contributed by atoms with Crippen molar-refractivity contribution < 1.29 is 9.53 Å². The van der Waals surface area contributed by atoms with Crippen molar-refractivity contribution >= 4 is 17.3 Å². The van der Waals surface area contributed by atoms with Gasteiger partial charge in [0.05, 0.1) is 12.2 Å². The number of rotatable bonds is 8. The highest BCUT2D eigenvalue weighted by Crippen LogP contribution is 2.29. The van der Waals surface area contributed by atoms with Crippen molar-refractivity contribution in [2.45, 2.75) is 26.7 Å². The van der Waals surface area contributed by atoms with Gasteiger partial charge in [-0.1, -0.05) is 62.4 Å². The molecule has 1 amide bonds. The second-order valence-electron chi connectivity index (χ2n) is 6.47. The maximum atomic E-state index is 12.6. The Morgan fingerprint density at radius 1 is 0.821 bits per heavy atom. The van der Waals surface area contributed by atoms with Gasteiger partial charge < -0.3 is 15.4 Å². The summed E-state index contributed by atoms with van der Waals surface area (Å²) in [4.78, 5) is 12.6. The lowest BCUT2D eigenvalue weighted by Crippen LogP contribution is -2.23. The minimum atomic E-state index is -0.0786. The average molecular weight is 374 g/mol. The van der Waals surface area contributed by atoms with Crippen molar-refractivity contribution in [2.24, 2.45) is 0 Å². The average Bonchev–Trinajstić information content (AvgIpc) is 2.74. The lowest BCUT2D eigenvalue weighted by Gasteiger charge is -2.16. The number of anilines is 2. The zero-order chi connectivity index (χ0) is 19.8. The summed E-state index contributed by atoms with van der Waals surface area (Å²) in [6.45, 7) is 4.36. The third-order valence-corrected chi connectivity index (χ3v) is 4.56. The van der Waals surface area contributed by atoms with E-state index in [0.717, 1.165) is 41.1 Å². The smallest absolute Gasteiger partial charge is 0.243 e. The molecule has 0 spiro atoms. The van der Waals surface area contributed by atoms with Crippen LogP contribution < -0.4 is 15.4 Å². The number of para-hydroxylation sites is 4. The quantitative estimate of drug-likeness (QED) is 0.535. The SMILES string of the molecule is CCc1cccc(CC)c1NC(=O)CNc1ccccc1Oc1ccccc1. The van der Waals surface area contributed by atoms with Crippen LogP contribution in [0.2, 0.25) is 0 Å². The molecule has 0 atom stereocenters. The topological polar surface area (TPSA) is 50.4 Å². The zero-order valence-electron chi connectivity index (χ0n) is 16.4. The molecule has 4 heteroatoms. The van der Waals surface area contributed by atoms with Crippen LogP contribution in [0.4, 0.5) is 11.4 Å². The van der Waals surface area contributed by atoms with Gasteiger partial charge in [-0.3, -0.25) is 4.79 Å². The number of ether oxygens (including phenoxy) is 1. The summed E-state index contributed by atoms with van der Waals surface area (Å²) in [5.41, 5.74) is 4.02. The van der Waals surface area contributed by atoms with E-state index < -0.39 is 0 Å². The van der Waals surface area contributed by atoms with Crippen LogP contribution in [-0.2, 0) is 17.6 Å². The van der Waals surface area contributed by atoms with E-state index in [4.69, 9.17) is 4.74 Å². The van der Waals surface area contributed by atoms with Gasteiger partial charge in [0.1, 0.15) is 5.75 Å². The van der Waals surface area contributed by atoms with Crippen LogP contribution >= 0.6 is 0 Å². The molecule has 28 heavy (non-hydrogen) atoms. The van der Waals surface area contributed by atoms with Crippen molar-refractivity contribution in [3.05, 3.63) is 83.9 Å². The predicted octanol–water partition coefficient (Wildman–Crippen LogP) is 5.65. The Bertz CT molecular complexity index is 901. The van der Waals surface area contributed by atoms with Crippen LogP contribution in [0.1, 0.15) is 25.0 Å². The zero-order valence-corrected chi connectivity index (χ0v) is 16.4. The molecular formula is C24H26N2O2. The second kappa shape index (κ2) is 9.60. The molecule has 4 nitrogen and oxygen atoms in total. The normalized spacial score (nSPS) is 10.4. The third kappa shape index (κ3) is 4.92. The van der Waals surface area contributed by atoms with E-state index in [2.05, 4.69) is 36.6 Å². The molecule has 3 aromatic rings. The lowest BCUT2D eigenvalue weighted by atomic mass is 10.0. The lowest BCUT2D eigenvalue weighted by molar-refractivity contribution is -0.114. The molecule has 0 aliphatic carbocycles. The van der Waals surface area contributed by atoms with Crippen molar-refractivity contribution in [3.63, 3.8) is 0 Å². The standard InChI is InChI=1S/C24H26N2O2/c1-3-18-11-10-12-19(4-2)24(18)26-23(27)17-25-21-15-8-9-16-22(21)28-20-13-6-5-7-14-20/h5-16,25H,3-4,17H2,1-2H3,(H,26,27). The van der Waals surface area contributed by atoms with Gasteiger partial charge in [0.25, 0.3) is 0 Å². The largest absolute Gasteiger partial charge is 0.455 e. The fourth-order valence-electron chi connectivity index (χ4n) is 3.08. The molecule has 144 valence electrons. The maximum Gasteiger partial charge on any atom is 0.243 e. The first-order valence-corrected chi connectivity index (χ1v) is 9.67. The number of amides is 1. The van der Waals surface area contributed by atoms with Crippen LogP contribution in [0.15, 0.2) is 72.8 Å². The van der Waals surface area contributed by atoms with Gasteiger partial charge in [0.2, 0.25) is 5.91 Å². The number of carbonyl (C=O) groups excluding carboxylic acids is 1. The molecule has 0 aliphatic rings. The molecule has 0 bridgehead atoms. The molecule has 0 aliphatic heterocycles. The Morgan fingerprint density at radius 2 is 1.46 bits per heavy atom. The van der Waals surface area contributed by atoms with Crippen molar-refractivity contribution in [2.75, 3.05) is 17.2 Å². The van der Waals surface area contributed by atoms with Crippen LogP contribution in [0.3, 0.4) is 0 Å². The fraction of sp³-hybridized carbons (Fsp3) is 0.208. The maximum absolute atomic E-state index is 12.6. The highest BCUT2D eigenvalue weighted by atomic mass is 16.5. The van der Waals surface area contributed by atoms with Crippen LogP contribution in [0.25, 0.3) is 0 Å². The molecule has 0 radical (unpaired) electrons. The van der Waals surface area contributed by atoms with E-state index >= 15 is 0 Å². The molecule has 2 N–H and O–H groups in total. The van der Waals surface area contributed by atoms with Gasteiger partial charge >= 0.3 is 0 Å². The molecule has 0 unspecified atom stereocenters. The third-order valence-electron chi connectivity index (χ3n) is 4.56. The Hall–Kier alpha value is -3.27. The number of hydrogen-bond acceptors (Lipinski definition) is 3. The molecular weight excluding hydrogens is 348 g/mol. The first kappa shape index (κ1) is 19.5. The van der Waals surface area contributed by atoms with Crippen molar-refractivity contribution in [1.29, 1.82) is 0 Å². The molecule has 0 fully saturated rings. The van der Waals surface area contributed by atoms with E-state index in [1.807, 2.05) is 60.7 Å². The number of aryl methyl sites for hydroxylation is 2. The number of benzene rings is 3. The Morgan fingerprint density at radius 3 is 2.14 bits per heavy atom. The predicted molar refractivity (Wildman–Crippen MR) is 115 cm³/mol. The second-order valence-corrected chi connectivity index (χ2v) is 6.47. The minimum absolute atomic E-state index is 0.0786. The van der Waals surface area contributed by atoms with E-state index in [9.17, 15) is 4.79 Å². The number of hydrogen-bond donors (Lipinski definition) is 2. The van der Waals surface area contributed by atoms with Gasteiger partial charge in [0, 0.05) is 5.69 Å². The molecule has 0 aromatic heterocycles. The van der Waals surface area contributed by atoms with Gasteiger partial charge in [-0.05, 0) is 48.2 Å². The van der Waals surface area contributed by atoms with E-state index in [-0.39, 0.29) is 12.5 Å². The fourth-order valence-corrected chi connectivity index (χ4v) is 3.08. The summed E-state index contributed by atoms with van der Waals surface area (Å²) >= 11 is 0. The summed E-state index contributed by atoms with van der Waals surface area (Å²) in [6.07, 6.45) is 1.76. The summed E-state index contributed by atoms with van der Waals surface area (Å²) < 4.78 is 5.94. The van der Waals surface area contributed by atoms with Gasteiger partial charge in [-0.25, -0.2) is 0 Å². The van der Waals surface area contributed by atoms with Crippen LogP contribution in [0, 0.1) is 0 Å². The van der Waals surface area contributed by atoms with Crippen molar-refractivity contribution in [1.82, 2.24) is 0 Å². The molecule has 0 saturated carbocycles. The van der Waals surface area contributed by atoms with Gasteiger partial charge in [0.15, 0.2) is 5.75 Å².